The van der Waals surface area contributed by atoms with E-state index >= 15 is 0 Å². The zero-order chi connectivity index (χ0) is 14.2. The Balaban J connectivity index is 2.13. The van der Waals surface area contributed by atoms with Crippen LogP contribution in [0, 0.1) is 0 Å². The van der Waals surface area contributed by atoms with Gasteiger partial charge in [0, 0.05) is 12.6 Å². The van der Waals surface area contributed by atoms with Crippen molar-refractivity contribution in [3.8, 4) is 0 Å². The van der Waals surface area contributed by atoms with Gasteiger partial charge in [-0.3, -0.25) is 0 Å². The first-order chi connectivity index (χ1) is 9.81. The molecule has 1 atom stereocenters. The topological polar surface area (TPSA) is 24.1 Å². The summed E-state index contributed by atoms with van der Waals surface area (Å²) in [4.78, 5) is 0. The van der Waals surface area contributed by atoms with Crippen molar-refractivity contribution in [2.24, 2.45) is 0 Å². The Hall–Kier alpha value is -1.64. The SMILES string of the molecule is CCNC(C)CNC(c1ccccc1)c1ccccc1. The van der Waals surface area contributed by atoms with E-state index in [0.29, 0.717) is 6.04 Å². The minimum Gasteiger partial charge on any atom is -0.313 e. The van der Waals surface area contributed by atoms with Gasteiger partial charge in [0.05, 0.1) is 6.04 Å². The molecule has 0 spiro atoms. The fraction of sp³-hybridized carbons (Fsp3) is 0.333. The van der Waals surface area contributed by atoms with Crippen LogP contribution < -0.4 is 10.6 Å². The Bertz CT molecular complexity index is 442. The van der Waals surface area contributed by atoms with E-state index in [9.17, 15) is 0 Å². The third-order valence-electron chi connectivity index (χ3n) is 3.45. The summed E-state index contributed by atoms with van der Waals surface area (Å²) in [5.41, 5.74) is 2.62. The number of benzene rings is 2. The van der Waals surface area contributed by atoms with E-state index in [1.165, 1.54) is 11.1 Å². The van der Waals surface area contributed by atoms with Crippen LogP contribution in [0.15, 0.2) is 60.7 Å². The first-order valence-corrected chi connectivity index (χ1v) is 7.38. The van der Waals surface area contributed by atoms with Gasteiger partial charge in [-0.15, -0.1) is 0 Å². The Morgan fingerprint density at radius 3 is 1.75 bits per heavy atom. The highest BCUT2D eigenvalue weighted by Gasteiger charge is 2.13. The predicted octanol–water partition coefficient (Wildman–Crippen LogP) is 3.36. The number of likely N-dealkylation sites (N-methyl/N-ethyl adjacent to an activating group) is 1. The van der Waals surface area contributed by atoms with Crippen LogP contribution in [0.3, 0.4) is 0 Å². The van der Waals surface area contributed by atoms with Gasteiger partial charge in [0.1, 0.15) is 0 Å². The Kier molecular flexibility index (Phi) is 5.78. The molecule has 0 radical (unpaired) electrons. The van der Waals surface area contributed by atoms with Crippen molar-refractivity contribution in [3.63, 3.8) is 0 Å². The van der Waals surface area contributed by atoms with E-state index in [1.807, 2.05) is 0 Å². The highest BCUT2D eigenvalue weighted by atomic mass is 15.0. The van der Waals surface area contributed by atoms with Crippen molar-refractivity contribution < 1.29 is 0 Å². The molecule has 2 aromatic rings. The van der Waals surface area contributed by atoms with Gasteiger partial charge in [0.2, 0.25) is 0 Å². The van der Waals surface area contributed by atoms with Gasteiger partial charge in [-0.25, -0.2) is 0 Å². The van der Waals surface area contributed by atoms with Crippen LogP contribution in [-0.4, -0.2) is 19.1 Å². The van der Waals surface area contributed by atoms with Crippen molar-refractivity contribution in [1.82, 2.24) is 10.6 Å². The summed E-state index contributed by atoms with van der Waals surface area (Å²) >= 11 is 0. The number of rotatable bonds is 7. The standard InChI is InChI=1S/C18H24N2/c1-3-19-15(2)14-20-18(16-10-6-4-7-11-16)17-12-8-5-9-13-17/h4-13,15,18-20H,3,14H2,1-2H3. The van der Waals surface area contributed by atoms with Crippen molar-refractivity contribution in [2.75, 3.05) is 13.1 Å². The van der Waals surface area contributed by atoms with E-state index < -0.39 is 0 Å². The molecule has 2 aromatic carbocycles. The zero-order valence-electron chi connectivity index (χ0n) is 12.3. The smallest absolute Gasteiger partial charge is 0.0577 e. The molecular weight excluding hydrogens is 244 g/mol. The fourth-order valence-corrected chi connectivity index (χ4v) is 2.43. The van der Waals surface area contributed by atoms with Crippen LogP contribution in [0.1, 0.15) is 31.0 Å². The summed E-state index contributed by atoms with van der Waals surface area (Å²) in [6.07, 6.45) is 0. The molecule has 0 heterocycles. The van der Waals surface area contributed by atoms with E-state index in [0.717, 1.165) is 13.1 Å². The molecule has 0 aliphatic heterocycles. The molecule has 0 saturated heterocycles. The minimum absolute atomic E-state index is 0.249. The molecule has 1 unspecified atom stereocenters. The first-order valence-electron chi connectivity index (χ1n) is 7.38. The molecule has 2 N–H and O–H groups in total. The lowest BCUT2D eigenvalue weighted by Gasteiger charge is -2.22. The first kappa shape index (κ1) is 14.8. The molecule has 0 amide bonds. The van der Waals surface area contributed by atoms with Crippen LogP contribution in [0.4, 0.5) is 0 Å². The molecule has 2 rings (SSSR count). The summed E-state index contributed by atoms with van der Waals surface area (Å²) in [6.45, 7) is 6.30. The van der Waals surface area contributed by atoms with E-state index in [-0.39, 0.29) is 6.04 Å². The molecule has 0 aliphatic rings. The number of nitrogens with one attached hydrogen (secondary N) is 2. The van der Waals surface area contributed by atoms with Gasteiger partial charge in [-0.1, -0.05) is 67.6 Å². The van der Waals surface area contributed by atoms with E-state index in [4.69, 9.17) is 0 Å². The number of hydrogen-bond acceptors (Lipinski definition) is 2. The molecule has 106 valence electrons. The van der Waals surface area contributed by atoms with Crippen molar-refractivity contribution in [1.29, 1.82) is 0 Å². The fourth-order valence-electron chi connectivity index (χ4n) is 2.43. The van der Waals surface area contributed by atoms with Crippen molar-refractivity contribution in [2.45, 2.75) is 25.9 Å². The lowest BCUT2D eigenvalue weighted by molar-refractivity contribution is 0.489. The van der Waals surface area contributed by atoms with Crippen LogP contribution in [0.25, 0.3) is 0 Å². The normalized spacial score (nSPS) is 12.6. The zero-order valence-corrected chi connectivity index (χ0v) is 12.3. The summed E-state index contributed by atoms with van der Waals surface area (Å²) in [6, 6.07) is 22.0. The van der Waals surface area contributed by atoms with Gasteiger partial charge in [-0.2, -0.15) is 0 Å². The van der Waals surface area contributed by atoms with Crippen LogP contribution in [0.2, 0.25) is 0 Å². The quantitative estimate of drug-likeness (QED) is 0.804. The maximum absolute atomic E-state index is 3.67. The highest BCUT2D eigenvalue weighted by Crippen LogP contribution is 2.21. The van der Waals surface area contributed by atoms with Gasteiger partial charge in [0.15, 0.2) is 0 Å². The predicted molar refractivity (Wildman–Crippen MR) is 85.9 cm³/mol. The second kappa shape index (κ2) is 7.83. The molecule has 0 aliphatic carbocycles. The maximum Gasteiger partial charge on any atom is 0.0577 e. The summed E-state index contributed by atoms with van der Waals surface area (Å²) in [5.74, 6) is 0. The van der Waals surface area contributed by atoms with E-state index in [2.05, 4.69) is 85.1 Å². The van der Waals surface area contributed by atoms with Crippen molar-refractivity contribution >= 4 is 0 Å². The summed E-state index contributed by atoms with van der Waals surface area (Å²) < 4.78 is 0. The van der Waals surface area contributed by atoms with Gasteiger partial charge in [0.25, 0.3) is 0 Å². The average molecular weight is 268 g/mol. The minimum atomic E-state index is 0.249. The molecular formula is C18H24N2. The van der Waals surface area contributed by atoms with Crippen LogP contribution >= 0.6 is 0 Å². The van der Waals surface area contributed by atoms with Crippen LogP contribution in [0.5, 0.6) is 0 Å². The number of hydrogen-bond donors (Lipinski definition) is 2. The molecule has 0 bridgehead atoms. The largest absolute Gasteiger partial charge is 0.313 e. The highest BCUT2D eigenvalue weighted by molar-refractivity contribution is 5.31. The van der Waals surface area contributed by atoms with Crippen LogP contribution in [-0.2, 0) is 0 Å². The molecule has 20 heavy (non-hydrogen) atoms. The maximum atomic E-state index is 3.67. The second-order valence-electron chi connectivity index (χ2n) is 5.12. The molecule has 0 saturated carbocycles. The molecule has 0 aromatic heterocycles. The molecule has 2 heteroatoms. The summed E-state index contributed by atoms with van der Waals surface area (Å²) in [5, 5.41) is 7.12. The summed E-state index contributed by atoms with van der Waals surface area (Å²) in [7, 11) is 0. The lowest BCUT2D eigenvalue weighted by Crippen LogP contribution is -2.38. The van der Waals surface area contributed by atoms with Gasteiger partial charge >= 0.3 is 0 Å². The third-order valence-corrected chi connectivity index (χ3v) is 3.45. The van der Waals surface area contributed by atoms with E-state index in [1.54, 1.807) is 0 Å². The Morgan fingerprint density at radius 1 is 0.800 bits per heavy atom. The Labute approximate surface area is 122 Å². The monoisotopic (exact) mass is 268 g/mol. The Morgan fingerprint density at radius 2 is 1.30 bits per heavy atom. The lowest BCUT2D eigenvalue weighted by atomic mass is 9.98. The van der Waals surface area contributed by atoms with Gasteiger partial charge < -0.3 is 10.6 Å². The van der Waals surface area contributed by atoms with Crippen molar-refractivity contribution in [3.05, 3.63) is 71.8 Å². The second-order valence-corrected chi connectivity index (χ2v) is 5.12. The average Bonchev–Trinajstić information content (AvgIpc) is 2.50. The van der Waals surface area contributed by atoms with Gasteiger partial charge in [-0.05, 0) is 24.6 Å². The third kappa shape index (κ3) is 4.19. The molecule has 2 nitrogen and oxygen atoms in total. The molecule has 0 fully saturated rings.